The van der Waals surface area contributed by atoms with E-state index in [0.29, 0.717) is 25.8 Å². The van der Waals surface area contributed by atoms with Crippen molar-refractivity contribution in [2.24, 2.45) is 35.1 Å². The van der Waals surface area contributed by atoms with Gasteiger partial charge in [0.15, 0.2) is 6.29 Å². The van der Waals surface area contributed by atoms with Crippen LogP contribution < -0.4 is 43.4 Å². The van der Waals surface area contributed by atoms with Gasteiger partial charge in [0.2, 0.25) is 35.4 Å². The van der Waals surface area contributed by atoms with Gasteiger partial charge in [0, 0.05) is 53.7 Å². The van der Waals surface area contributed by atoms with Crippen molar-refractivity contribution in [2.75, 3.05) is 67.8 Å². The molecule has 25 heteroatoms. The highest BCUT2D eigenvalue weighted by Crippen LogP contribution is 2.30. The van der Waals surface area contributed by atoms with Crippen LogP contribution in [0.25, 0.3) is 0 Å². The predicted octanol–water partition coefficient (Wildman–Crippen LogP) is 1.02. The van der Waals surface area contributed by atoms with E-state index in [1.54, 1.807) is 30.8 Å². The topological polar surface area (TPSA) is 343 Å². The van der Waals surface area contributed by atoms with Crippen molar-refractivity contribution in [3.63, 3.8) is 0 Å². The minimum Gasteiger partial charge on any atom is -0.464 e. The molecule has 1 aromatic rings. The first-order chi connectivity index (χ1) is 38.1. The molecule has 1 fully saturated rings. The van der Waals surface area contributed by atoms with Gasteiger partial charge < -0.3 is 86.7 Å². The highest BCUT2D eigenvalue weighted by atomic mass is 16.7. The number of carbonyl (C=O) groups is 8. The summed E-state index contributed by atoms with van der Waals surface area (Å²) in [6.45, 7) is 17.1. The third-order valence-corrected chi connectivity index (χ3v) is 14.2. The number of aliphatic hydroxyl groups is 1. The van der Waals surface area contributed by atoms with Crippen molar-refractivity contribution >= 4 is 47.5 Å². The molecule has 462 valence electrons. The van der Waals surface area contributed by atoms with Crippen molar-refractivity contribution in [1.82, 2.24) is 41.7 Å². The second-order valence-electron chi connectivity index (χ2n) is 22.0. The number of carbonyl (C=O) groups excluding carboxylic acids is 8. The summed E-state index contributed by atoms with van der Waals surface area (Å²) in [5, 5.41) is 25.8. The van der Waals surface area contributed by atoms with E-state index in [-0.39, 0.29) is 80.9 Å². The number of aliphatic hydroxyl groups excluding tert-OH is 1. The Morgan fingerprint density at radius 3 is 2.07 bits per heavy atom. The van der Waals surface area contributed by atoms with E-state index in [4.69, 9.17) is 39.9 Å². The van der Waals surface area contributed by atoms with E-state index in [0.717, 1.165) is 5.56 Å². The molecule has 0 radical (unpaired) electrons. The second kappa shape index (κ2) is 36.1. The van der Waals surface area contributed by atoms with Crippen LogP contribution in [0.4, 0.5) is 4.79 Å². The van der Waals surface area contributed by atoms with Gasteiger partial charge in [0.25, 0.3) is 0 Å². The molecule has 1 aliphatic rings. The third kappa shape index (κ3) is 24.4. The highest BCUT2D eigenvalue weighted by Gasteiger charge is 2.43. The Labute approximate surface area is 479 Å². The van der Waals surface area contributed by atoms with Gasteiger partial charge in [-0.15, -0.1) is 0 Å². The van der Waals surface area contributed by atoms with Crippen molar-refractivity contribution in [2.45, 2.75) is 181 Å². The Hall–Kier alpha value is -5.54. The molecule has 1 aliphatic heterocycles. The van der Waals surface area contributed by atoms with Crippen molar-refractivity contribution < 1.29 is 71.9 Å². The van der Waals surface area contributed by atoms with Gasteiger partial charge in [0.1, 0.15) is 36.7 Å². The van der Waals surface area contributed by atoms with E-state index in [1.807, 2.05) is 71.9 Å². The van der Waals surface area contributed by atoms with E-state index in [1.165, 1.54) is 35.0 Å². The molecule has 5 unspecified atom stereocenters. The molecular weight excluding hydrogens is 1050 g/mol. The second-order valence-corrected chi connectivity index (χ2v) is 22.0. The number of nitrogens with two attached hydrogens (primary N) is 2. The lowest BCUT2D eigenvalue weighted by Crippen LogP contribution is -2.59. The molecule has 0 spiro atoms. The van der Waals surface area contributed by atoms with Crippen LogP contribution in [0.3, 0.4) is 0 Å². The molecule has 11 N–H and O–H groups in total. The zero-order chi connectivity index (χ0) is 61.1. The number of esters is 1. The van der Waals surface area contributed by atoms with Crippen LogP contribution in [0.2, 0.25) is 0 Å². The fraction of sp³-hybridized carbons (Fsp3) is 0.750. The van der Waals surface area contributed by atoms with Crippen LogP contribution in [0.5, 0.6) is 0 Å². The van der Waals surface area contributed by atoms with E-state index >= 15 is 0 Å². The Bertz CT molecular complexity index is 2120. The molecule has 1 aromatic carbocycles. The van der Waals surface area contributed by atoms with Gasteiger partial charge in [-0.2, -0.15) is 0 Å². The number of methoxy groups -OCH3 is 2. The Balaban J connectivity index is 2.06. The SMILES string of the molecule is CC[C@H](C)C([C@@H](CC(=O)N1CCC[C@H]1[C@H](OC)[C@@H](C)C(=O)N[C@@H](Cc1ccccc1)C(=O)NCCCOC(=O)[C@H](C)NC(=O)CCNC(=O)OCC(OC(N)CO)OC(C)(C)N)OC)N(C)C(=O)C(NC(=O)C(NC)C(C)C)C(C)C. The Morgan fingerprint density at radius 2 is 1.51 bits per heavy atom. The largest absolute Gasteiger partial charge is 0.464 e. The number of amides is 7. The first-order valence-electron chi connectivity index (χ1n) is 28.2. The number of likely N-dealkylation sites (tertiary alicyclic amines) is 1. The van der Waals surface area contributed by atoms with Gasteiger partial charge in [-0.05, 0) is 70.4 Å². The van der Waals surface area contributed by atoms with Crippen molar-refractivity contribution in [1.29, 1.82) is 0 Å². The molecule has 0 bridgehead atoms. The lowest BCUT2D eigenvalue weighted by atomic mass is 9.89. The molecule has 1 saturated heterocycles. The fourth-order valence-electron chi connectivity index (χ4n) is 9.64. The summed E-state index contributed by atoms with van der Waals surface area (Å²) in [6.07, 6.45) is -2.68. The molecule has 12 atom stereocenters. The minimum atomic E-state index is -1.18. The van der Waals surface area contributed by atoms with Gasteiger partial charge in [-0.25, -0.2) is 9.59 Å². The number of benzene rings is 1. The number of ether oxygens (including phenoxy) is 6. The maximum atomic E-state index is 14.5. The average Bonchev–Trinajstić information content (AvgIpc) is 3.90. The Morgan fingerprint density at radius 1 is 0.852 bits per heavy atom. The van der Waals surface area contributed by atoms with E-state index in [9.17, 15) is 43.5 Å². The maximum absolute atomic E-state index is 14.5. The number of hydrogen-bond donors (Lipinski definition) is 9. The maximum Gasteiger partial charge on any atom is 0.407 e. The van der Waals surface area contributed by atoms with Gasteiger partial charge in [-0.3, -0.25) is 28.8 Å². The summed E-state index contributed by atoms with van der Waals surface area (Å²) < 4.78 is 33.2. The standard InChI is InChI=1S/C56H98N10O15/c1-15-35(6)48(65(12)53(73)47(34(4)5)64-52(72)46(59-11)33(2)3)41(76-13)30-44(69)66-27-19-23-40(66)49(77-14)36(7)50(70)63-39(29-38-21-17-16-18-22-38)51(71)60-25-20-28-78-54(74)37(8)62-43(68)24-26-61-55(75)79-32-45(80-42(57)31-67)81-56(9,10)58/h16-18,21-22,33-37,39-42,45-49,59,67H,15,19-20,23-32,57-58H2,1-14H3,(H,60,71)(H,61,75)(H,62,68)(H,63,70)(H,64,72)/t35-,36+,37-,39-,40-,41+,42?,45?,46?,47?,48?,49+/m0/s1. The quantitative estimate of drug-likeness (QED) is 0.0255. The average molecular weight is 1150 g/mol. The molecule has 0 saturated carbocycles. The first-order valence-corrected chi connectivity index (χ1v) is 28.2. The van der Waals surface area contributed by atoms with Crippen LogP contribution in [-0.4, -0.2) is 197 Å². The van der Waals surface area contributed by atoms with Crippen LogP contribution in [0.1, 0.15) is 113 Å². The normalized spacial score (nSPS) is 17.7. The van der Waals surface area contributed by atoms with Crippen LogP contribution >= 0.6 is 0 Å². The van der Waals surface area contributed by atoms with Crippen LogP contribution in [0.15, 0.2) is 30.3 Å². The Kier molecular flexibility index (Phi) is 31.9. The van der Waals surface area contributed by atoms with E-state index < -0.39 is 116 Å². The number of nitrogens with one attached hydrogen (secondary N) is 6. The molecule has 2 rings (SSSR count). The first kappa shape index (κ1) is 71.6. The van der Waals surface area contributed by atoms with Gasteiger partial charge in [-0.1, -0.05) is 85.2 Å². The number of nitrogens with zero attached hydrogens (tertiary/aromatic N) is 2. The number of rotatable bonds is 37. The zero-order valence-electron chi connectivity index (χ0n) is 50.4. The summed E-state index contributed by atoms with van der Waals surface area (Å²) >= 11 is 0. The van der Waals surface area contributed by atoms with Crippen molar-refractivity contribution in [3.05, 3.63) is 35.9 Å². The number of hydrogen-bond acceptors (Lipinski definition) is 18. The summed E-state index contributed by atoms with van der Waals surface area (Å²) in [5.74, 6) is -4.19. The molecule has 0 aromatic heterocycles. The third-order valence-electron chi connectivity index (χ3n) is 14.2. The zero-order valence-corrected chi connectivity index (χ0v) is 50.4. The molecule has 25 nitrogen and oxygen atoms in total. The summed E-state index contributed by atoms with van der Waals surface area (Å²) in [6, 6.07) is 4.77. The monoisotopic (exact) mass is 1150 g/mol. The van der Waals surface area contributed by atoms with Crippen LogP contribution in [0, 0.1) is 23.7 Å². The van der Waals surface area contributed by atoms with Gasteiger partial charge in [0.05, 0.1) is 55.9 Å². The lowest BCUT2D eigenvalue weighted by molar-refractivity contribution is -0.235. The van der Waals surface area contributed by atoms with Gasteiger partial charge >= 0.3 is 12.1 Å². The molecule has 7 amide bonds. The molecule has 1 heterocycles. The summed E-state index contributed by atoms with van der Waals surface area (Å²) in [7, 11) is 6.41. The summed E-state index contributed by atoms with van der Waals surface area (Å²) in [4.78, 5) is 111. The fourth-order valence-corrected chi connectivity index (χ4v) is 9.64. The molecule has 0 aliphatic carbocycles. The van der Waals surface area contributed by atoms with Crippen LogP contribution in [-0.2, 0) is 68.4 Å². The predicted molar refractivity (Wildman–Crippen MR) is 302 cm³/mol. The summed E-state index contributed by atoms with van der Waals surface area (Å²) in [5.41, 5.74) is 11.0. The lowest BCUT2D eigenvalue weighted by Gasteiger charge is -2.41. The van der Waals surface area contributed by atoms with E-state index in [2.05, 4.69) is 31.9 Å². The highest BCUT2D eigenvalue weighted by molar-refractivity contribution is 5.91. The molecule has 81 heavy (non-hydrogen) atoms. The number of likely N-dealkylation sites (N-methyl/N-ethyl adjacent to an activating group) is 2. The minimum absolute atomic E-state index is 0.0135. The number of alkyl carbamates (subject to hydrolysis) is 1. The molecular formula is C56H98N10O15. The van der Waals surface area contributed by atoms with Crippen molar-refractivity contribution in [3.8, 4) is 0 Å². The smallest absolute Gasteiger partial charge is 0.407 e.